The highest BCUT2D eigenvalue weighted by Gasteiger charge is 2.44. The molecule has 172 valence electrons. The second-order valence-electron chi connectivity index (χ2n) is 8.11. The van der Waals surface area contributed by atoms with Gasteiger partial charge in [0.15, 0.2) is 0 Å². The second kappa shape index (κ2) is 8.75. The fourth-order valence-corrected chi connectivity index (χ4v) is 4.99. The summed E-state index contributed by atoms with van der Waals surface area (Å²) in [6.07, 6.45) is 5.62. The normalized spacial score (nSPS) is 17.2. The Hall–Kier alpha value is -3.98. The van der Waals surface area contributed by atoms with Crippen LogP contribution >= 0.6 is 0 Å². The van der Waals surface area contributed by atoms with E-state index >= 15 is 0 Å². The van der Waals surface area contributed by atoms with E-state index in [2.05, 4.69) is 20.0 Å². The number of nitrogens with zero attached hydrogens (tertiary/aromatic N) is 2. The zero-order valence-electron chi connectivity index (χ0n) is 18.3. The molecule has 2 N–H and O–H groups in total. The highest BCUT2D eigenvalue weighted by Crippen LogP contribution is 2.48. The minimum atomic E-state index is -3.74. The first-order chi connectivity index (χ1) is 16.4. The lowest BCUT2D eigenvalue weighted by atomic mass is 10.1. The predicted octanol–water partition coefficient (Wildman–Crippen LogP) is 4.18. The molecule has 0 aliphatic heterocycles. The summed E-state index contributed by atoms with van der Waals surface area (Å²) in [5.74, 6) is 0.730. The Labute approximate surface area is 197 Å². The molecular formula is C25H22N4O4S. The van der Waals surface area contributed by atoms with Crippen molar-refractivity contribution in [2.75, 3.05) is 17.1 Å². The molecule has 34 heavy (non-hydrogen) atoms. The van der Waals surface area contributed by atoms with Gasteiger partial charge in [-0.05, 0) is 54.3 Å². The third-order valence-corrected chi connectivity index (χ3v) is 7.23. The average molecular weight is 475 g/mol. The van der Waals surface area contributed by atoms with Gasteiger partial charge >= 0.3 is 0 Å². The van der Waals surface area contributed by atoms with Gasteiger partial charge < -0.3 is 10.1 Å². The lowest BCUT2D eigenvalue weighted by molar-refractivity contribution is -0.117. The van der Waals surface area contributed by atoms with Crippen LogP contribution in [0.5, 0.6) is 5.75 Å². The van der Waals surface area contributed by atoms with Crippen LogP contribution in [0.2, 0.25) is 0 Å². The van der Waals surface area contributed by atoms with Crippen LogP contribution in [0.25, 0.3) is 10.8 Å². The van der Waals surface area contributed by atoms with E-state index in [0.717, 1.165) is 16.3 Å². The van der Waals surface area contributed by atoms with Crippen LogP contribution in [0.3, 0.4) is 0 Å². The molecule has 1 saturated carbocycles. The minimum absolute atomic E-state index is 0.0553. The smallest absolute Gasteiger partial charge is 0.263 e. The molecule has 0 saturated heterocycles. The van der Waals surface area contributed by atoms with E-state index in [0.29, 0.717) is 17.9 Å². The molecule has 1 unspecified atom stereocenters. The van der Waals surface area contributed by atoms with Crippen LogP contribution in [0.1, 0.15) is 17.9 Å². The highest BCUT2D eigenvalue weighted by molar-refractivity contribution is 7.92. The van der Waals surface area contributed by atoms with E-state index in [-0.39, 0.29) is 28.5 Å². The fourth-order valence-electron chi connectivity index (χ4n) is 3.98. The molecule has 2 aromatic carbocycles. The third kappa shape index (κ3) is 4.42. The van der Waals surface area contributed by atoms with Gasteiger partial charge in [0, 0.05) is 34.8 Å². The molecular weight excluding hydrogens is 452 g/mol. The maximum Gasteiger partial charge on any atom is 0.263 e. The number of sulfonamides is 1. The topological polar surface area (TPSA) is 110 Å². The quantitative estimate of drug-likeness (QED) is 0.416. The molecule has 0 spiro atoms. The molecule has 4 aromatic rings. The predicted molar refractivity (Wildman–Crippen MR) is 129 cm³/mol. The molecule has 0 bridgehead atoms. The number of hydrogen-bond donors (Lipinski definition) is 2. The van der Waals surface area contributed by atoms with Crippen molar-refractivity contribution in [2.45, 2.75) is 17.2 Å². The number of rotatable bonds is 7. The monoisotopic (exact) mass is 474 g/mol. The maximum absolute atomic E-state index is 12.8. The largest absolute Gasteiger partial charge is 0.494 e. The standard InChI is InChI=1S/C25H22N4O4S/c1-33-23-15-26-14-17-5-8-18(12-21(17)23)28-25(30)22-13-20(22)16-6-9-19(10-7-16)34(31,32)29-24-4-2-3-11-27-24/h2-12,14-15,20,22H,13H2,1H3,(H,27,29)(H,28,30)/t20?,22-/m1/s1. The molecule has 8 nitrogen and oxygen atoms in total. The summed E-state index contributed by atoms with van der Waals surface area (Å²) in [7, 11) is -2.15. The van der Waals surface area contributed by atoms with E-state index in [1.807, 2.05) is 18.2 Å². The maximum atomic E-state index is 12.8. The molecule has 5 rings (SSSR count). The van der Waals surface area contributed by atoms with Crippen LogP contribution in [-0.2, 0) is 14.8 Å². The number of aromatic nitrogens is 2. The van der Waals surface area contributed by atoms with E-state index in [4.69, 9.17) is 4.74 Å². The number of benzene rings is 2. The number of amides is 1. The molecule has 2 atom stereocenters. The number of carbonyl (C=O) groups is 1. The van der Waals surface area contributed by atoms with Crippen LogP contribution in [0.15, 0.2) is 84.1 Å². The van der Waals surface area contributed by atoms with E-state index in [9.17, 15) is 13.2 Å². The average Bonchev–Trinajstić information content (AvgIpc) is 3.65. The zero-order chi connectivity index (χ0) is 23.7. The van der Waals surface area contributed by atoms with Gasteiger partial charge in [-0.2, -0.15) is 0 Å². The summed E-state index contributed by atoms with van der Waals surface area (Å²) in [6.45, 7) is 0. The summed E-state index contributed by atoms with van der Waals surface area (Å²) in [5.41, 5.74) is 1.62. The van der Waals surface area contributed by atoms with Crippen LogP contribution in [0, 0.1) is 5.92 Å². The molecule has 0 radical (unpaired) electrons. The Morgan fingerprint density at radius 3 is 2.62 bits per heavy atom. The van der Waals surface area contributed by atoms with Gasteiger partial charge in [0.25, 0.3) is 10.0 Å². The van der Waals surface area contributed by atoms with Gasteiger partial charge in [-0.15, -0.1) is 0 Å². The first-order valence-corrected chi connectivity index (χ1v) is 12.2. The van der Waals surface area contributed by atoms with Crippen molar-refractivity contribution < 1.29 is 17.9 Å². The summed E-state index contributed by atoms with van der Waals surface area (Å²) in [4.78, 5) is 21.1. The first-order valence-electron chi connectivity index (χ1n) is 10.7. The molecule has 9 heteroatoms. The van der Waals surface area contributed by atoms with Gasteiger partial charge in [0.05, 0.1) is 18.2 Å². The van der Waals surface area contributed by atoms with E-state index in [1.165, 1.54) is 6.20 Å². The van der Waals surface area contributed by atoms with E-state index in [1.54, 1.807) is 62.0 Å². The number of carbonyl (C=O) groups excluding carboxylic acids is 1. The number of anilines is 2. The van der Waals surface area contributed by atoms with Gasteiger partial charge in [0.2, 0.25) is 5.91 Å². The Balaban J connectivity index is 1.25. The molecule has 1 amide bonds. The minimum Gasteiger partial charge on any atom is -0.494 e. The highest BCUT2D eigenvalue weighted by atomic mass is 32.2. The number of nitrogens with one attached hydrogen (secondary N) is 2. The number of methoxy groups -OCH3 is 1. The van der Waals surface area contributed by atoms with Gasteiger partial charge in [0.1, 0.15) is 11.6 Å². The second-order valence-corrected chi connectivity index (χ2v) is 9.79. The lowest BCUT2D eigenvalue weighted by Crippen LogP contribution is -2.15. The van der Waals surface area contributed by atoms with Crippen molar-refractivity contribution in [3.63, 3.8) is 0 Å². The Kier molecular flexibility index (Phi) is 5.62. The van der Waals surface area contributed by atoms with Crippen molar-refractivity contribution in [3.05, 3.63) is 84.8 Å². The molecule has 2 aromatic heterocycles. The number of fused-ring (bicyclic) bond motifs is 1. The number of hydrogen-bond acceptors (Lipinski definition) is 6. The van der Waals surface area contributed by atoms with E-state index < -0.39 is 10.0 Å². The van der Waals surface area contributed by atoms with Gasteiger partial charge in [-0.1, -0.05) is 24.3 Å². The van der Waals surface area contributed by atoms with Crippen molar-refractivity contribution in [1.29, 1.82) is 0 Å². The van der Waals surface area contributed by atoms with Crippen LogP contribution in [0.4, 0.5) is 11.5 Å². The molecule has 2 heterocycles. The SMILES string of the molecule is COc1cncc2ccc(NC(=O)[C@@H]3CC3c3ccc(S(=O)(=O)Nc4ccccn4)cc3)cc12. The van der Waals surface area contributed by atoms with Gasteiger partial charge in [-0.3, -0.25) is 14.5 Å². The van der Waals surface area contributed by atoms with Crippen molar-refractivity contribution in [3.8, 4) is 5.75 Å². The first kappa shape index (κ1) is 21.8. The lowest BCUT2D eigenvalue weighted by Gasteiger charge is -2.09. The van der Waals surface area contributed by atoms with Crippen molar-refractivity contribution in [1.82, 2.24) is 9.97 Å². The number of pyridine rings is 2. The summed E-state index contributed by atoms with van der Waals surface area (Å²) < 4.78 is 33.0. The van der Waals surface area contributed by atoms with Crippen molar-refractivity contribution in [2.24, 2.45) is 5.92 Å². The molecule has 1 aliphatic rings. The van der Waals surface area contributed by atoms with Crippen LogP contribution in [-0.4, -0.2) is 31.4 Å². The molecule has 1 fully saturated rings. The number of ether oxygens (including phenoxy) is 1. The summed E-state index contributed by atoms with van der Waals surface area (Å²) in [5, 5.41) is 4.78. The Morgan fingerprint density at radius 2 is 1.88 bits per heavy atom. The third-order valence-electron chi connectivity index (χ3n) is 5.86. The zero-order valence-corrected chi connectivity index (χ0v) is 19.1. The Morgan fingerprint density at radius 1 is 1.06 bits per heavy atom. The summed E-state index contributed by atoms with van der Waals surface area (Å²) in [6, 6.07) is 17.2. The Bertz CT molecular complexity index is 1460. The van der Waals surface area contributed by atoms with Crippen molar-refractivity contribution >= 4 is 38.2 Å². The molecule has 1 aliphatic carbocycles. The van der Waals surface area contributed by atoms with Crippen LogP contribution < -0.4 is 14.8 Å². The van der Waals surface area contributed by atoms with Gasteiger partial charge in [-0.25, -0.2) is 13.4 Å². The fraction of sp³-hybridized carbons (Fsp3) is 0.160. The summed E-state index contributed by atoms with van der Waals surface area (Å²) >= 11 is 0.